The summed E-state index contributed by atoms with van der Waals surface area (Å²) in [7, 11) is 0. The molecule has 1 aliphatic heterocycles. The second-order valence-electron chi connectivity index (χ2n) is 10.1. The molecule has 0 amide bonds. The molecule has 2 aromatic rings. The lowest BCUT2D eigenvalue weighted by Gasteiger charge is -2.44. The number of carbonyl (C=O) groups is 1. The molecule has 0 aromatic heterocycles. The Kier molecular flexibility index (Phi) is 8.56. The number of aliphatic imine (C=N–C) groups is 1. The van der Waals surface area contributed by atoms with E-state index in [0.717, 1.165) is 16.7 Å². The molecule has 0 fully saturated rings. The van der Waals surface area contributed by atoms with Gasteiger partial charge in [0.1, 0.15) is 23.6 Å². The van der Waals surface area contributed by atoms with E-state index >= 15 is 8.78 Å². The van der Waals surface area contributed by atoms with E-state index < -0.39 is 23.3 Å². The first kappa shape index (κ1) is 27.4. The van der Waals surface area contributed by atoms with Crippen LogP contribution < -0.4 is 5.73 Å². The minimum atomic E-state index is -1.58. The van der Waals surface area contributed by atoms with Crippen LogP contribution in [0.15, 0.2) is 47.6 Å². The number of benzene rings is 2. The first-order valence-electron chi connectivity index (χ1n) is 12.1. The smallest absolute Gasteiger partial charge is 0.142 e. The maximum Gasteiger partial charge on any atom is 0.142 e. The van der Waals surface area contributed by atoms with Crippen LogP contribution in [0.4, 0.5) is 13.2 Å². The van der Waals surface area contributed by atoms with Gasteiger partial charge in [-0.15, -0.1) is 0 Å². The zero-order chi connectivity index (χ0) is 26.6. The van der Waals surface area contributed by atoms with E-state index in [2.05, 4.69) is 4.99 Å². The minimum Gasteiger partial charge on any atom is -0.404 e. The molecule has 0 saturated heterocycles. The summed E-state index contributed by atoms with van der Waals surface area (Å²) < 4.78 is 45.8. The molecule has 0 spiro atoms. The average Bonchev–Trinajstić information content (AvgIpc) is 2.78. The van der Waals surface area contributed by atoms with Gasteiger partial charge in [-0.2, -0.15) is 0 Å². The molecule has 0 bridgehead atoms. The van der Waals surface area contributed by atoms with Gasteiger partial charge in [0.25, 0.3) is 0 Å². The molecule has 0 aliphatic carbocycles. The van der Waals surface area contributed by atoms with Gasteiger partial charge < -0.3 is 5.73 Å². The van der Waals surface area contributed by atoms with E-state index in [0.29, 0.717) is 18.3 Å². The number of carbonyl (C=O) groups excluding carboxylic acids is 1. The fourth-order valence-electron chi connectivity index (χ4n) is 4.65. The van der Waals surface area contributed by atoms with Crippen LogP contribution >= 0.6 is 0 Å². The van der Waals surface area contributed by atoms with Crippen molar-refractivity contribution >= 4 is 24.1 Å². The molecule has 0 saturated carbocycles. The van der Waals surface area contributed by atoms with Gasteiger partial charge in [0, 0.05) is 42.2 Å². The Bertz CT molecular complexity index is 1170. The summed E-state index contributed by atoms with van der Waals surface area (Å²) >= 11 is 0. The number of nitrogens with zero attached hydrogens (tertiary/aromatic N) is 2. The molecule has 0 radical (unpaired) electrons. The van der Waals surface area contributed by atoms with Crippen LogP contribution in [-0.2, 0) is 11.2 Å². The molecule has 2 unspecified atom stereocenters. The lowest BCUT2D eigenvalue weighted by atomic mass is 9.82. The van der Waals surface area contributed by atoms with Crippen molar-refractivity contribution in [2.75, 3.05) is 6.54 Å². The summed E-state index contributed by atoms with van der Waals surface area (Å²) in [6.45, 7) is 8.79. The molecular weight excluding hydrogens is 463 g/mol. The van der Waals surface area contributed by atoms with Crippen molar-refractivity contribution in [2.45, 2.75) is 64.8 Å². The molecular formula is C29H34F3N3O. The van der Waals surface area contributed by atoms with E-state index in [-0.39, 0.29) is 29.8 Å². The van der Waals surface area contributed by atoms with Crippen molar-refractivity contribution in [1.29, 1.82) is 0 Å². The van der Waals surface area contributed by atoms with Gasteiger partial charge in [0.05, 0.1) is 6.04 Å². The highest BCUT2D eigenvalue weighted by Crippen LogP contribution is 2.42. The van der Waals surface area contributed by atoms with Crippen LogP contribution in [0.25, 0.3) is 11.6 Å². The van der Waals surface area contributed by atoms with Crippen molar-refractivity contribution < 1.29 is 18.0 Å². The third-order valence-corrected chi connectivity index (χ3v) is 6.18. The van der Waals surface area contributed by atoms with E-state index in [1.807, 2.05) is 43.9 Å². The molecule has 2 N–H and O–H groups in total. The summed E-state index contributed by atoms with van der Waals surface area (Å²) in [4.78, 5) is 16.9. The average molecular weight is 498 g/mol. The summed E-state index contributed by atoms with van der Waals surface area (Å²) in [5.41, 5.74) is 7.60. The Balaban J connectivity index is 2.18. The number of rotatable bonds is 8. The number of fused-ring (bicyclic) bond motifs is 1. The predicted octanol–water partition coefficient (Wildman–Crippen LogP) is 6.04. The first-order chi connectivity index (χ1) is 16.9. The van der Waals surface area contributed by atoms with Crippen molar-refractivity contribution in [2.24, 2.45) is 10.7 Å². The summed E-state index contributed by atoms with van der Waals surface area (Å²) in [6, 6.07) is 7.15. The predicted molar refractivity (Wildman–Crippen MR) is 141 cm³/mol. The van der Waals surface area contributed by atoms with Crippen LogP contribution in [0.3, 0.4) is 0 Å². The lowest BCUT2D eigenvalue weighted by Crippen LogP contribution is -2.48. The van der Waals surface area contributed by atoms with E-state index in [4.69, 9.17) is 5.73 Å². The topological polar surface area (TPSA) is 58.7 Å². The van der Waals surface area contributed by atoms with Crippen molar-refractivity contribution in [3.05, 3.63) is 82.1 Å². The van der Waals surface area contributed by atoms with Crippen LogP contribution in [0.1, 0.15) is 68.5 Å². The Hall–Kier alpha value is -3.19. The Morgan fingerprint density at radius 3 is 2.44 bits per heavy atom. The normalized spacial score (nSPS) is 19.4. The van der Waals surface area contributed by atoms with Crippen LogP contribution in [-0.4, -0.2) is 41.7 Å². The van der Waals surface area contributed by atoms with Gasteiger partial charge in [-0.3, -0.25) is 14.7 Å². The number of hydrogen-bond acceptors (Lipinski definition) is 4. The van der Waals surface area contributed by atoms with Gasteiger partial charge in [0.15, 0.2) is 0 Å². The quantitative estimate of drug-likeness (QED) is 0.275. The van der Waals surface area contributed by atoms with Gasteiger partial charge in [-0.25, -0.2) is 13.2 Å². The highest BCUT2D eigenvalue weighted by Gasteiger charge is 2.39. The number of halogens is 3. The molecule has 2 atom stereocenters. The van der Waals surface area contributed by atoms with E-state index in [1.54, 1.807) is 6.21 Å². The standard InChI is InChI=1S/C29H34F3N3O/c1-18(2)34-16-23(15-33)21-8-9-24-22(14-21)11-19(3)35(17-29(4,5)32)28(24)27-25(30)12-20(7-6-10-36)13-26(27)31/h6-10,12-16,18-19,28H,11,17,33H2,1-5H3/b7-6+,23-15?,34-16?. The Labute approximate surface area is 211 Å². The van der Waals surface area contributed by atoms with Crippen molar-refractivity contribution in [1.82, 2.24) is 4.90 Å². The number of nitrogens with two attached hydrogens (primary N) is 1. The molecule has 4 nitrogen and oxygen atoms in total. The monoisotopic (exact) mass is 497 g/mol. The zero-order valence-electron chi connectivity index (χ0n) is 21.4. The number of aldehydes is 1. The largest absolute Gasteiger partial charge is 0.404 e. The first-order valence-corrected chi connectivity index (χ1v) is 12.1. The maximum atomic E-state index is 15.5. The summed E-state index contributed by atoms with van der Waals surface area (Å²) in [6.07, 6.45) is 6.85. The molecule has 1 aliphatic rings. The van der Waals surface area contributed by atoms with Gasteiger partial charge in [-0.05, 0) is 81.5 Å². The van der Waals surface area contributed by atoms with E-state index in [1.165, 1.54) is 44.3 Å². The fraction of sp³-hybridized carbons (Fsp3) is 0.379. The molecule has 1 heterocycles. The second kappa shape index (κ2) is 11.2. The number of allylic oxidation sites excluding steroid dienone is 2. The number of hydrogen-bond donors (Lipinski definition) is 1. The third-order valence-electron chi connectivity index (χ3n) is 6.18. The fourth-order valence-corrected chi connectivity index (χ4v) is 4.65. The summed E-state index contributed by atoms with van der Waals surface area (Å²) in [5.74, 6) is -1.49. The maximum absolute atomic E-state index is 15.5. The highest BCUT2D eigenvalue weighted by molar-refractivity contribution is 6.09. The lowest BCUT2D eigenvalue weighted by molar-refractivity contribution is -0.104. The number of alkyl halides is 1. The molecule has 2 aromatic carbocycles. The molecule has 36 heavy (non-hydrogen) atoms. The van der Waals surface area contributed by atoms with Gasteiger partial charge in [-0.1, -0.05) is 24.3 Å². The van der Waals surface area contributed by atoms with Crippen LogP contribution in [0, 0.1) is 11.6 Å². The Morgan fingerprint density at radius 1 is 1.22 bits per heavy atom. The zero-order valence-corrected chi connectivity index (χ0v) is 21.4. The molecule has 192 valence electrons. The molecule has 7 heteroatoms. The van der Waals surface area contributed by atoms with Gasteiger partial charge >= 0.3 is 0 Å². The van der Waals surface area contributed by atoms with Crippen LogP contribution in [0.5, 0.6) is 0 Å². The van der Waals surface area contributed by atoms with Crippen LogP contribution in [0.2, 0.25) is 0 Å². The Morgan fingerprint density at radius 2 is 1.89 bits per heavy atom. The van der Waals surface area contributed by atoms with E-state index in [9.17, 15) is 9.18 Å². The molecule has 3 rings (SSSR count). The second-order valence-corrected chi connectivity index (χ2v) is 10.1. The minimum absolute atomic E-state index is 0.000694. The van der Waals surface area contributed by atoms with Crippen molar-refractivity contribution in [3.8, 4) is 0 Å². The third kappa shape index (κ3) is 6.32. The highest BCUT2D eigenvalue weighted by atomic mass is 19.1. The summed E-state index contributed by atoms with van der Waals surface area (Å²) in [5, 5.41) is 0. The van der Waals surface area contributed by atoms with Crippen molar-refractivity contribution in [3.63, 3.8) is 0 Å². The SMILES string of the molecule is CC(C)N=CC(=CN)c1ccc2c(c1)CC(C)N(CC(C)(C)F)C2c1c(F)cc(/C=C/C=O)cc1F. The van der Waals surface area contributed by atoms with Gasteiger partial charge in [0.2, 0.25) is 0 Å².